The summed E-state index contributed by atoms with van der Waals surface area (Å²) in [6.45, 7) is 0.880. The van der Waals surface area contributed by atoms with Crippen molar-refractivity contribution in [3.8, 4) is 11.3 Å². The third-order valence-corrected chi connectivity index (χ3v) is 5.76. The first kappa shape index (κ1) is 19.2. The first-order chi connectivity index (χ1) is 13.4. The van der Waals surface area contributed by atoms with Crippen LogP contribution in [0.5, 0.6) is 0 Å². The first-order valence-corrected chi connectivity index (χ1v) is 9.48. The van der Waals surface area contributed by atoms with Crippen molar-refractivity contribution in [1.82, 2.24) is 10.5 Å². The lowest BCUT2D eigenvalue weighted by Crippen LogP contribution is -2.46. The van der Waals surface area contributed by atoms with E-state index in [0.29, 0.717) is 41.0 Å². The summed E-state index contributed by atoms with van der Waals surface area (Å²) in [5.74, 6) is -2.54. The molecule has 1 fully saturated rings. The van der Waals surface area contributed by atoms with Crippen molar-refractivity contribution in [2.24, 2.45) is 0 Å². The summed E-state index contributed by atoms with van der Waals surface area (Å²) in [6.07, 6.45) is 0.291. The van der Waals surface area contributed by atoms with E-state index < -0.39 is 23.2 Å². The number of halogens is 4. The Bertz CT molecular complexity index is 1030. The Balaban J connectivity index is 1.72. The van der Waals surface area contributed by atoms with Crippen LogP contribution in [0.25, 0.3) is 11.3 Å². The third kappa shape index (κ3) is 3.36. The molecule has 0 spiro atoms. The van der Waals surface area contributed by atoms with Crippen LogP contribution in [0.4, 0.5) is 13.2 Å². The second-order valence-corrected chi connectivity index (χ2v) is 7.65. The molecule has 146 valence electrons. The number of hydrogen-bond donors (Lipinski definition) is 2. The van der Waals surface area contributed by atoms with E-state index in [-0.39, 0.29) is 11.4 Å². The average Bonchev–Trinajstić information content (AvgIpc) is 3.13. The molecule has 28 heavy (non-hydrogen) atoms. The number of aliphatic hydroxyl groups is 1. The summed E-state index contributed by atoms with van der Waals surface area (Å²) < 4.78 is 46.4. The summed E-state index contributed by atoms with van der Waals surface area (Å²) in [5.41, 5.74) is -0.0631. The number of hydrogen-bond acceptors (Lipinski definition) is 4. The molecule has 2 N–H and O–H groups in total. The largest absolute Gasteiger partial charge is 0.384 e. The molecule has 4 rings (SSSR count). The molecule has 4 nitrogen and oxygen atoms in total. The Morgan fingerprint density at radius 2 is 1.93 bits per heavy atom. The second-order valence-electron chi connectivity index (χ2n) is 6.80. The Morgan fingerprint density at radius 3 is 2.68 bits per heavy atom. The minimum atomic E-state index is -1.45. The predicted molar refractivity (Wildman–Crippen MR) is 100 cm³/mol. The lowest BCUT2D eigenvalue weighted by Gasteiger charge is -2.39. The van der Waals surface area contributed by atoms with Gasteiger partial charge in [-0.2, -0.15) is 0 Å². The average molecular weight is 453 g/mol. The highest BCUT2D eigenvalue weighted by Gasteiger charge is 2.44. The van der Waals surface area contributed by atoms with Crippen molar-refractivity contribution in [2.75, 3.05) is 13.1 Å². The molecule has 0 saturated carbocycles. The van der Waals surface area contributed by atoms with Crippen LogP contribution < -0.4 is 5.32 Å². The molecule has 2 aromatic carbocycles. The highest BCUT2D eigenvalue weighted by Crippen LogP contribution is 2.43. The van der Waals surface area contributed by atoms with E-state index in [0.717, 1.165) is 12.1 Å². The van der Waals surface area contributed by atoms with Crippen molar-refractivity contribution in [1.29, 1.82) is 0 Å². The SMILES string of the molecule is OC1(c2ccc(F)c(F)c2)CCNCC1c1cc(-c2ccc(F)cc2Br)no1. The highest BCUT2D eigenvalue weighted by molar-refractivity contribution is 9.10. The normalized spacial score (nSPS) is 22.4. The van der Waals surface area contributed by atoms with Gasteiger partial charge in [0.25, 0.3) is 0 Å². The summed E-state index contributed by atoms with van der Waals surface area (Å²) in [7, 11) is 0. The maximum Gasteiger partial charge on any atom is 0.159 e. The van der Waals surface area contributed by atoms with E-state index in [1.807, 2.05) is 0 Å². The summed E-state index contributed by atoms with van der Waals surface area (Å²) in [6, 6.07) is 9.27. The molecule has 0 radical (unpaired) electrons. The van der Waals surface area contributed by atoms with Crippen LogP contribution >= 0.6 is 15.9 Å². The van der Waals surface area contributed by atoms with Gasteiger partial charge in [0.05, 0.1) is 5.92 Å². The van der Waals surface area contributed by atoms with Gasteiger partial charge in [-0.25, -0.2) is 13.2 Å². The van der Waals surface area contributed by atoms with Crippen LogP contribution in [-0.2, 0) is 5.60 Å². The molecular weight excluding hydrogens is 437 g/mol. The fourth-order valence-corrected chi connectivity index (χ4v) is 4.15. The zero-order chi connectivity index (χ0) is 19.9. The predicted octanol–water partition coefficient (Wildman–Crippen LogP) is 4.49. The Labute approximate surface area is 167 Å². The van der Waals surface area contributed by atoms with Crippen LogP contribution in [0.2, 0.25) is 0 Å². The van der Waals surface area contributed by atoms with Crippen LogP contribution in [0.3, 0.4) is 0 Å². The summed E-state index contributed by atoms with van der Waals surface area (Å²) >= 11 is 3.30. The molecule has 2 atom stereocenters. The molecule has 0 bridgehead atoms. The van der Waals surface area contributed by atoms with Gasteiger partial charge in [-0.3, -0.25) is 0 Å². The zero-order valence-electron chi connectivity index (χ0n) is 14.6. The summed E-state index contributed by atoms with van der Waals surface area (Å²) in [4.78, 5) is 0. The first-order valence-electron chi connectivity index (χ1n) is 8.69. The quantitative estimate of drug-likeness (QED) is 0.614. The van der Waals surface area contributed by atoms with E-state index in [9.17, 15) is 18.3 Å². The molecule has 1 aromatic heterocycles. The maximum absolute atomic E-state index is 13.8. The van der Waals surface area contributed by atoms with Crippen molar-refractivity contribution >= 4 is 15.9 Å². The highest BCUT2D eigenvalue weighted by atomic mass is 79.9. The van der Waals surface area contributed by atoms with Gasteiger partial charge >= 0.3 is 0 Å². The smallest absolute Gasteiger partial charge is 0.159 e. The molecule has 0 aliphatic carbocycles. The number of nitrogens with zero attached hydrogens (tertiary/aromatic N) is 1. The Morgan fingerprint density at radius 1 is 1.11 bits per heavy atom. The van der Waals surface area contributed by atoms with Crippen molar-refractivity contribution in [3.05, 3.63) is 75.7 Å². The number of benzene rings is 2. The van der Waals surface area contributed by atoms with Crippen molar-refractivity contribution < 1.29 is 22.8 Å². The zero-order valence-corrected chi connectivity index (χ0v) is 16.1. The third-order valence-electron chi connectivity index (χ3n) is 5.11. The van der Waals surface area contributed by atoms with Gasteiger partial charge in [0.2, 0.25) is 0 Å². The van der Waals surface area contributed by atoms with Crippen molar-refractivity contribution in [2.45, 2.75) is 17.9 Å². The Kier molecular flexibility index (Phi) is 5.03. The molecule has 2 heterocycles. The monoisotopic (exact) mass is 452 g/mol. The van der Waals surface area contributed by atoms with Gasteiger partial charge in [0.15, 0.2) is 11.6 Å². The molecule has 3 aromatic rings. The maximum atomic E-state index is 13.8. The minimum absolute atomic E-state index is 0.277. The number of piperidine rings is 1. The van der Waals surface area contributed by atoms with E-state index in [2.05, 4.69) is 26.4 Å². The molecule has 1 aliphatic rings. The second kappa shape index (κ2) is 7.35. The molecule has 2 unspecified atom stereocenters. The number of aromatic nitrogens is 1. The van der Waals surface area contributed by atoms with Crippen LogP contribution in [-0.4, -0.2) is 23.4 Å². The minimum Gasteiger partial charge on any atom is -0.384 e. The van der Waals surface area contributed by atoms with Gasteiger partial charge < -0.3 is 14.9 Å². The van der Waals surface area contributed by atoms with E-state index in [4.69, 9.17) is 4.52 Å². The van der Waals surface area contributed by atoms with Gasteiger partial charge in [-0.15, -0.1) is 0 Å². The molecule has 1 saturated heterocycles. The fourth-order valence-electron chi connectivity index (χ4n) is 3.59. The topological polar surface area (TPSA) is 58.3 Å². The van der Waals surface area contributed by atoms with Gasteiger partial charge in [0, 0.05) is 22.6 Å². The summed E-state index contributed by atoms with van der Waals surface area (Å²) in [5, 5.41) is 18.6. The number of rotatable bonds is 3. The van der Waals surface area contributed by atoms with Crippen molar-refractivity contribution in [3.63, 3.8) is 0 Å². The van der Waals surface area contributed by atoms with Crippen LogP contribution in [0, 0.1) is 17.5 Å². The van der Waals surface area contributed by atoms with E-state index in [1.54, 1.807) is 12.1 Å². The van der Waals surface area contributed by atoms with Crippen LogP contribution in [0.1, 0.15) is 23.7 Å². The molecule has 1 aliphatic heterocycles. The van der Waals surface area contributed by atoms with Gasteiger partial charge in [-0.1, -0.05) is 11.2 Å². The van der Waals surface area contributed by atoms with Crippen LogP contribution in [0.15, 0.2) is 51.5 Å². The fraction of sp³-hybridized carbons (Fsp3) is 0.250. The molecule has 0 amide bonds. The van der Waals surface area contributed by atoms with E-state index >= 15 is 0 Å². The lowest BCUT2D eigenvalue weighted by atomic mass is 9.75. The molecule has 8 heteroatoms. The lowest BCUT2D eigenvalue weighted by molar-refractivity contribution is -0.0233. The molecular formula is C20H16BrF3N2O2. The standard InChI is InChI=1S/C20H16BrF3N2O2/c21-15-8-12(22)2-3-13(15)18-9-19(28-26-18)14-10-25-6-5-20(14,27)11-1-4-16(23)17(24)7-11/h1-4,7-9,14,25,27H,5-6,10H2. The van der Waals surface area contributed by atoms with E-state index in [1.165, 1.54) is 18.2 Å². The number of nitrogens with one attached hydrogen (secondary N) is 1. The van der Waals surface area contributed by atoms with Gasteiger partial charge in [0.1, 0.15) is 22.9 Å². The van der Waals surface area contributed by atoms with Gasteiger partial charge in [-0.05, 0) is 64.8 Å². The Hall–Kier alpha value is -2.16.